The molecule has 0 bridgehead atoms. The number of carbonyl (C=O) groups excluding carboxylic acids is 2. The number of methoxy groups -OCH3 is 1. The Morgan fingerprint density at radius 3 is 2.62 bits per heavy atom. The van der Waals surface area contributed by atoms with Gasteiger partial charge < -0.3 is 14.1 Å². The molecule has 2 aliphatic heterocycles. The molecule has 1 spiro atoms. The third-order valence-electron chi connectivity index (χ3n) is 6.50. The van der Waals surface area contributed by atoms with Gasteiger partial charge in [0.25, 0.3) is 5.91 Å². The van der Waals surface area contributed by atoms with Gasteiger partial charge in [0, 0.05) is 26.2 Å². The molecule has 0 aliphatic carbocycles. The highest BCUT2D eigenvalue weighted by Crippen LogP contribution is 2.38. The Bertz CT molecular complexity index is 990. The van der Waals surface area contributed by atoms with Crippen LogP contribution in [-0.4, -0.2) is 65.5 Å². The van der Waals surface area contributed by atoms with E-state index in [9.17, 15) is 9.59 Å². The molecule has 170 valence electrons. The van der Waals surface area contributed by atoms with Gasteiger partial charge in [0.2, 0.25) is 0 Å². The molecule has 2 fully saturated rings. The third kappa shape index (κ3) is 4.17. The molecule has 0 unspecified atom stereocenters. The third-order valence-corrected chi connectivity index (χ3v) is 6.50. The lowest BCUT2D eigenvalue weighted by molar-refractivity contribution is -0.135. The quantitative estimate of drug-likeness (QED) is 0.613. The first-order valence-corrected chi connectivity index (χ1v) is 11.2. The van der Waals surface area contributed by atoms with Crippen molar-refractivity contribution in [2.75, 3.05) is 33.3 Å². The molecule has 3 heterocycles. The van der Waals surface area contributed by atoms with E-state index in [0.717, 1.165) is 36.7 Å². The van der Waals surface area contributed by atoms with Crippen LogP contribution in [0.1, 0.15) is 38.0 Å². The van der Waals surface area contributed by atoms with Gasteiger partial charge in [-0.25, -0.2) is 4.79 Å². The number of likely N-dealkylation sites (tertiary alicyclic amines) is 1. The summed E-state index contributed by atoms with van der Waals surface area (Å²) < 4.78 is 10.7. The molecule has 0 N–H and O–H groups in total. The number of likely N-dealkylation sites (N-methyl/N-ethyl adjacent to an activating group) is 1. The summed E-state index contributed by atoms with van der Waals surface area (Å²) in [5.41, 5.74) is 1.35. The van der Waals surface area contributed by atoms with Gasteiger partial charge in [-0.1, -0.05) is 17.7 Å². The number of furan rings is 1. The number of ether oxygens (including phenoxy) is 1. The molecular weight excluding hydrogens is 406 g/mol. The highest BCUT2D eigenvalue weighted by atomic mass is 16.5. The second kappa shape index (κ2) is 9.20. The Labute approximate surface area is 189 Å². The largest absolute Gasteiger partial charge is 0.497 e. The van der Waals surface area contributed by atoms with Crippen LogP contribution in [-0.2, 0) is 11.3 Å². The van der Waals surface area contributed by atoms with E-state index < -0.39 is 5.54 Å². The summed E-state index contributed by atoms with van der Waals surface area (Å²) in [7, 11) is 1.61. The number of piperidine rings is 1. The van der Waals surface area contributed by atoms with E-state index in [1.54, 1.807) is 18.3 Å². The van der Waals surface area contributed by atoms with Gasteiger partial charge in [-0.3, -0.25) is 14.6 Å². The van der Waals surface area contributed by atoms with Crippen LogP contribution in [0.5, 0.6) is 5.75 Å². The predicted molar refractivity (Wildman–Crippen MR) is 122 cm³/mol. The fraction of sp³-hybridized carbons (Fsp3) is 0.440. The number of nitrogens with zero attached hydrogens (tertiary/aromatic N) is 3. The van der Waals surface area contributed by atoms with Crippen molar-refractivity contribution in [1.82, 2.24) is 14.7 Å². The fourth-order valence-electron chi connectivity index (χ4n) is 4.89. The summed E-state index contributed by atoms with van der Waals surface area (Å²) in [6.45, 7) is 7.19. The van der Waals surface area contributed by atoms with E-state index in [4.69, 9.17) is 9.15 Å². The lowest BCUT2D eigenvalue weighted by atomic mass is 9.85. The van der Waals surface area contributed by atoms with Crippen molar-refractivity contribution in [2.24, 2.45) is 0 Å². The maximum Gasteiger partial charge on any atom is 0.327 e. The molecule has 2 aromatic rings. The van der Waals surface area contributed by atoms with E-state index in [-0.39, 0.29) is 18.5 Å². The Balaban J connectivity index is 1.45. The van der Waals surface area contributed by atoms with Gasteiger partial charge in [-0.15, -0.1) is 0 Å². The minimum Gasteiger partial charge on any atom is -0.497 e. The molecule has 1 aromatic heterocycles. The summed E-state index contributed by atoms with van der Waals surface area (Å²) in [5, 5.41) is 0. The summed E-state index contributed by atoms with van der Waals surface area (Å²) in [4.78, 5) is 32.3. The summed E-state index contributed by atoms with van der Waals surface area (Å²) in [6, 6.07) is 11.2. The number of hydrogen-bond acceptors (Lipinski definition) is 5. The highest BCUT2D eigenvalue weighted by molar-refractivity contribution is 6.07. The zero-order valence-corrected chi connectivity index (χ0v) is 19.0. The van der Waals surface area contributed by atoms with E-state index in [0.29, 0.717) is 19.4 Å². The van der Waals surface area contributed by atoms with Crippen molar-refractivity contribution in [1.29, 1.82) is 0 Å². The molecular formula is C25H31N3O4. The molecule has 32 heavy (non-hydrogen) atoms. The SMILES string of the molecule is CCN1C(=O)N(Cc2cccc(OC)c2)C(=O)C12CCN(C/C(C)=C/c1ccco1)CC2. The monoisotopic (exact) mass is 437 g/mol. The Hall–Kier alpha value is -3.06. The van der Waals surface area contributed by atoms with Crippen molar-refractivity contribution in [3.05, 3.63) is 59.6 Å². The number of urea groups is 1. The van der Waals surface area contributed by atoms with Crippen LogP contribution in [0, 0.1) is 0 Å². The second-order valence-corrected chi connectivity index (χ2v) is 8.58. The van der Waals surface area contributed by atoms with Crippen molar-refractivity contribution in [2.45, 2.75) is 38.8 Å². The molecule has 1 aromatic carbocycles. The van der Waals surface area contributed by atoms with E-state index in [1.807, 2.05) is 49.4 Å². The van der Waals surface area contributed by atoms with Crippen molar-refractivity contribution >= 4 is 18.0 Å². The van der Waals surface area contributed by atoms with Crippen LogP contribution in [0.25, 0.3) is 6.08 Å². The van der Waals surface area contributed by atoms with Crippen molar-refractivity contribution in [3.63, 3.8) is 0 Å². The maximum atomic E-state index is 13.6. The van der Waals surface area contributed by atoms with Crippen LogP contribution in [0.2, 0.25) is 0 Å². The lowest BCUT2D eigenvalue weighted by Crippen LogP contribution is -2.56. The van der Waals surface area contributed by atoms with E-state index >= 15 is 0 Å². The first-order valence-electron chi connectivity index (χ1n) is 11.2. The van der Waals surface area contributed by atoms with Gasteiger partial charge in [0.15, 0.2) is 0 Å². The predicted octanol–water partition coefficient (Wildman–Crippen LogP) is 4.01. The first kappa shape index (κ1) is 22.1. The minimum absolute atomic E-state index is 0.0744. The standard InChI is InChI=1S/C25H31N3O4/c1-4-28-24(30)27(18-20-7-5-8-21(16-20)31-3)23(29)25(28)10-12-26(13-11-25)17-19(2)15-22-9-6-14-32-22/h5-9,14-16H,4,10-13,17-18H2,1-3H3/b19-15+. The van der Waals surface area contributed by atoms with Crippen LogP contribution in [0.15, 0.2) is 52.7 Å². The second-order valence-electron chi connectivity index (χ2n) is 8.58. The Morgan fingerprint density at radius 1 is 1.19 bits per heavy atom. The van der Waals surface area contributed by atoms with Gasteiger partial charge in [0.1, 0.15) is 17.0 Å². The normalized spacial score (nSPS) is 19.3. The van der Waals surface area contributed by atoms with Gasteiger partial charge >= 0.3 is 6.03 Å². The van der Waals surface area contributed by atoms with Gasteiger partial charge in [-0.2, -0.15) is 0 Å². The van der Waals surface area contributed by atoms with Gasteiger partial charge in [0.05, 0.1) is 19.9 Å². The molecule has 2 saturated heterocycles. The number of hydrogen-bond donors (Lipinski definition) is 0. The number of imide groups is 1. The molecule has 7 nitrogen and oxygen atoms in total. The van der Waals surface area contributed by atoms with Crippen LogP contribution < -0.4 is 4.74 Å². The Kier molecular flexibility index (Phi) is 6.37. The first-order chi connectivity index (χ1) is 15.5. The number of benzene rings is 1. The smallest absolute Gasteiger partial charge is 0.327 e. The zero-order valence-electron chi connectivity index (χ0n) is 19.0. The van der Waals surface area contributed by atoms with Gasteiger partial charge in [-0.05, 0) is 62.6 Å². The van der Waals surface area contributed by atoms with Crippen molar-refractivity contribution in [3.8, 4) is 5.75 Å². The van der Waals surface area contributed by atoms with E-state index in [1.165, 1.54) is 10.5 Å². The topological polar surface area (TPSA) is 66.2 Å². The zero-order chi connectivity index (χ0) is 22.7. The maximum absolute atomic E-state index is 13.6. The minimum atomic E-state index is -0.736. The van der Waals surface area contributed by atoms with Crippen molar-refractivity contribution < 1.29 is 18.7 Å². The molecule has 0 atom stereocenters. The summed E-state index contributed by atoms with van der Waals surface area (Å²) in [5.74, 6) is 1.49. The molecule has 2 aliphatic rings. The Morgan fingerprint density at radius 2 is 1.97 bits per heavy atom. The number of carbonyl (C=O) groups is 2. The average molecular weight is 438 g/mol. The molecule has 4 rings (SSSR count). The van der Waals surface area contributed by atoms with Crippen LogP contribution in [0.3, 0.4) is 0 Å². The molecule has 7 heteroatoms. The fourth-order valence-corrected chi connectivity index (χ4v) is 4.89. The van der Waals surface area contributed by atoms with Crippen LogP contribution in [0.4, 0.5) is 4.79 Å². The van der Waals surface area contributed by atoms with Crippen LogP contribution >= 0.6 is 0 Å². The van der Waals surface area contributed by atoms with E-state index in [2.05, 4.69) is 11.8 Å². The lowest BCUT2D eigenvalue weighted by Gasteiger charge is -2.42. The summed E-state index contributed by atoms with van der Waals surface area (Å²) >= 11 is 0. The summed E-state index contributed by atoms with van der Waals surface area (Å²) in [6.07, 6.45) is 5.01. The molecule has 3 amide bonds. The number of amides is 3. The average Bonchev–Trinajstić information content (AvgIpc) is 3.37. The molecule has 0 saturated carbocycles. The number of rotatable bonds is 7. The highest BCUT2D eigenvalue weighted by Gasteiger charge is 2.57. The molecule has 0 radical (unpaired) electrons.